The molecule has 1 aromatic carbocycles. The molecule has 1 aliphatic rings. The molecule has 2 aromatic rings. The Hall–Kier alpha value is -1.93. The zero-order chi connectivity index (χ0) is 18.0. The number of imidazole rings is 1. The predicted octanol–water partition coefficient (Wildman–Crippen LogP) is 1.28. The smallest absolute Gasteiger partial charge is 0.238 e. The normalized spacial score (nSPS) is 18.7. The van der Waals surface area contributed by atoms with Gasteiger partial charge in [0.15, 0.2) is 0 Å². The number of aryl methyl sites for hydroxylation is 2. The highest BCUT2D eigenvalue weighted by molar-refractivity contribution is 7.88. The maximum atomic E-state index is 12.3. The second-order valence-corrected chi connectivity index (χ2v) is 8.41. The maximum Gasteiger partial charge on any atom is 0.238 e. The van der Waals surface area contributed by atoms with Gasteiger partial charge in [0.25, 0.3) is 0 Å². The highest BCUT2D eigenvalue weighted by Crippen LogP contribution is 2.20. The average molecular weight is 364 g/mol. The van der Waals surface area contributed by atoms with Crippen LogP contribution in [0.1, 0.15) is 25.1 Å². The molecule has 1 saturated heterocycles. The molecule has 1 aromatic heterocycles. The van der Waals surface area contributed by atoms with Gasteiger partial charge in [-0.15, -0.1) is 0 Å². The third-order valence-corrected chi connectivity index (χ3v) is 5.92. The standard InChI is InChI=1S/C17H24N4O3S/c1-13-19-14-7-3-4-8-15(14)20(13)11-6-10-18-17(22)16-9-5-12-21(16)25(2,23)24/h3-4,7-8,16H,5-6,9-12H2,1-2H3,(H,18,22). The van der Waals surface area contributed by atoms with Gasteiger partial charge in [-0.2, -0.15) is 4.31 Å². The Morgan fingerprint density at radius 3 is 2.88 bits per heavy atom. The van der Waals surface area contributed by atoms with Crippen LogP contribution >= 0.6 is 0 Å². The van der Waals surface area contributed by atoms with Crippen LogP contribution < -0.4 is 5.32 Å². The van der Waals surface area contributed by atoms with Gasteiger partial charge in [0.1, 0.15) is 11.9 Å². The largest absolute Gasteiger partial charge is 0.355 e. The summed E-state index contributed by atoms with van der Waals surface area (Å²) in [6.07, 6.45) is 3.24. The van der Waals surface area contributed by atoms with Crippen molar-refractivity contribution in [3.63, 3.8) is 0 Å². The molecule has 0 radical (unpaired) electrons. The Morgan fingerprint density at radius 1 is 1.36 bits per heavy atom. The van der Waals surface area contributed by atoms with E-state index < -0.39 is 16.1 Å². The lowest BCUT2D eigenvalue weighted by Gasteiger charge is -2.21. The fraction of sp³-hybridized carbons (Fsp3) is 0.529. The topological polar surface area (TPSA) is 84.3 Å². The Morgan fingerprint density at radius 2 is 2.12 bits per heavy atom. The molecule has 1 N–H and O–H groups in total. The first-order valence-corrected chi connectivity index (χ1v) is 10.4. The van der Waals surface area contributed by atoms with Crippen LogP contribution in [-0.2, 0) is 21.4 Å². The van der Waals surface area contributed by atoms with Gasteiger partial charge < -0.3 is 9.88 Å². The Bertz CT molecular complexity index is 875. The molecule has 0 saturated carbocycles. The summed E-state index contributed by atoms with van der Waals surface area (Å²) >= 11 is 0. The van der Waals surface area contributed by atoms with Crippen molar-refractivity contribution in [1.29, 1.82) is 0 Å². The number of aromatic nitrogens is 2. The molecule has 1 atom stereocenters. The molecule has 7 nitrogen and oxygen atoms in total. The van der Waals surface area contributed by atoms with Crippen molar-refractivity contribution in [3.8, 4) is 0 Å². The summed E-state index contributed by atoms with van der Waals surface area (Å²) in [7, 11) is -3.33. The molecule has 8 heteroatoms. The molecule has 136 valence electrons. The lowest BCUT2D eigenvalue weighted by Crippen LogP contribution is -2.45. The summed E-state index contributed by atoms with van der Waals surface area (Å²) in [6, 6.07) is 7.42. The number of nitrogens with zero attached hydrogens (tertiary/aromatic N) is 3. The van der Waals surface area contributed by atoms with E-state index >= 15 is 0 Å². The second-order valence-electron chi connectivity index (χ2n) is 6.48. The first-order valence-electron chi connectivity index (χ1n) is 8.54. The van der Waals surface area contributed by atoms with Crippen molar-refractivity contribution in [2.75, 3.05) is 19.3 Å². The van der Waals surface area contributed by atoms with Crippen LogP contribution in [0.15, 0.2) is 24.3 Å². The SMILES string of the molecule is Cc1nc2ccccc2n1CCCNC(=O)C1CCCN1S(C)(=O)=O. The molecular formula is C17H24N4O3S. The van der Waals surface area contributed by atoms with Gasteiger partial charge in [0.2, 0.25) is 15.9 Å². The van der Waals surface area contributed by atoms with Crippen LogP contribution in [0.25, 0.3) is 11.0 Å². The number of fused-ring (bicyclic) bond motifs is 1. The van der Waals surface area contributed by atoms with E-state index in [1.807, 2.05) is 31.2 Å². The van der Waals surface area contributed by atoms with Gasteiger partial charge in [0.05, 0.1) is 17.3 Å². The summed E-state index contributed by atoms with van der Waals surface area (Å²) in [5.41, 5.74) is 2.06. The number of carbonyl (C=O) groups is 1. The molecule has 1 fully saturated rings. The van der Waals surface area contributed by atoms with Gasteiger partial charge >= 0.3 is 0 Å². The predicted molar refractivity (Wildman–Crippen MR) is 96.7 cm³/mol. The Labute approximate surface area is 148 Å². The molecular weight excluding hydrogens is 340 g/mol. The van der Waals surface area contributed by atoms with E-state index in [0.29, 0.717) is 19.5 Å². The Kier molecular flexibility index (Phi) is 5.10. The van der Waals surface area contributed by atoms with Crippen molar-refractivity contribution < 1.29 is 13.2 Å². The second kappa shape index (κ2) is 7.13. The average Bonchev–Trinajstić information content (AvgIpc) is 3.16. The first kappa shape index (κ1) is 17.9. The number of benzene rings is 1. The van der Waals surface area contributed by atoms with Gasteiger partial charge in [0, 0.05) is 19.6 Å². The maximum absolute atomic E-state index is 12.3. The van der Waals surface area contributed by atoms with Crippen molar-refractivity contribution in [3.05, 3.63) is 30.1 Å². The monoisotopic (exact) mass is 364 g/mol. The van der Waals surface area contributed by atoms with Crippen LogP contribution in [0.3, 0.4) is 0 Å². The molecule has 1 unspecified atom stereocenters. The number of carbonyl (C=O) groups excluding carboxylic acids is 1. The molecule has 1 amide bonds. The number of rotatable bonds is 6. The summed E-state index contributed by atoms with van der Waals surface area (Å²) < 4.78 is 26.9. The number of para-hydroxylation sites is 2. The minimum Gasteiger partial charge on any atom is -0.355 e. The molecule has 25 heavy (non-hydrogen) atoms. The fourth-order valence-corrected chi connectivity index (χ4v) is 4.57. The molecule has 0 bridgehead atoms. The quantitative estimate of drug-likeness (QED) is 0.783. The molecule has 1 aliphatic heterocycles. The van der Waals surface area contributed by atoms with E-state index in [0.717, 1.165) is 42.5 Å². The van der Waals surface area contributed by atoms with E-state index in [1.54, 1.807) is 0 Å². The number of hydrogen-bond donors (Lipinski definition) is 1. The van der Waals surface area contributed by atoms with Crippen LogP contribution in [0, 0.1) is 6.92 Å². The van der Waals surface area contributed by atoms with E-state index in [4.69, 9.17) is 0 Å². The lowest BCUT2D eigenvalue weighted by molar-refractivity contribution is -0.124. The zero-order valence-corrected chi connectivity index (χ0v) is 15.4. The summed E-state index contributed by atoms with van der Waals surface area (Å²) in [5.74, 6) is 0.752. The molecule has 0 spiro atoms. The number of sulfonamides is 1. The van der Waals surface area contributed by atoms with Crippen LogP contribution in [-0.4, -0.2) is 53.6 Å². The van der Waals surface area contributed by atoms with Crippen molar-refractivity contribution >= 4 is 27.0 Å². The van der Waals surface area contributed by atoms with Gasteiger partial charge in [-0.1, -0.05) is 12.1 Å². The third kappa shape index (κ3) is 3.85. The Balaban J connectivity index is 1.54. The molecule has 3 rings (SSSR count). The van der Waals surface area contributed by atoms with Crippen LogP contribution in [0.2, 0.25) is 0 Å². The highest BCUT2D eigenvalue weighted by atomic mass is 32.2. The molecule has 0 aliphatic carbocycles. The van der Waals surface area contributed by atoms with E-state index in [1.165, 1.54) is 4.31 Å². The van der Waals surface area contributed by atoms with Crippen molar-refractivity contribution in [2.24, 2.45) is 0 Å². The third-order valence-electron chi connectivity index (χ3n) is 4.64. The highest BCUT2D eigenvalue weighted by Gasteiger charge is 2.36. The minimum absolute atomic E-state index is 0.199. The van der Waals surface area contributed by atoms with E-state index in [-0.39, 0.29) is 5.91 Å². The van der Waals surface area contributed by atoms with Gasteiger partial charge in [-0.3, -0.25) is 4.79 Å². The summed E-state index contributed by atoms with van der Waals surface area (Å²) in [4.78, 5) is 16.8. The fourth-order valence-electron chi connectivity index (χ4n) is 3.44. The summed E-state index contributed by atoms with van der Waals surface area (Å²) in [5, 5.41) is 2.88. The van der Waals surface area contributed by atoms with E-state index in [2.05, 4.69) is 14.9 Å². The summed E-state index contributed by atoms with van der Waals surface area (Å²) in [6.45, 7) is 3.67. The lowest BCUT2D eigenvalue weighted by atomic mass is 10.2. The van der Waals surface area contributed by atoms with Crippen molar-refractivity contribution in [2.45, 2.75) is 38.8 Å². The number of hydrogen-bond acceptors (Lipinski definition) is 4. The van der Waals surface area contributed by atoms with Gasteiger partial charge in [-0.25, -0.2) is 13.4 Å². The van der Waals surface area contributed by atoms with Gasteiger partial charge in [-0.05, 0) is 38.3 Å². The van der Waals surface area contributed by atoms with Crippen molar-refractivity contribution in [1.82, 2.24) is 19.2 Å². The van der Waals surface area contributed by atoms with E-state index in [9.17, 15) is 13.2 Å². The number of nitrogens with one attached hydrogen (secondary N) is 1. The molecule has 2 heterocycles. The van der Waals surface area contributed by atoms with Crippen LogP contribution in [0.4, 0.5) is 0 Å². The number of amides is 1. The van der Waals surface area contributed by atoms with Crippen LogP contribution in [0.5, 0.6) is 0 Å². The first-order chi connectivity index (χ1) is 11.9. The zero-order valence-electron chi connectivity index (χ0n) is 14.6. The minimum atomic E-state index is -3.33.